The predicted molar refractivity (Wildman–Crippen MR) is 106 cm³/mol. The van der Waals surface area contributed by atoms with Gasteiger partial charge in [-0.25, -0.2) is 4.99 Å². The Kier molecular flexibility index (Phi) is 4.40. The van der Waals surface area contributed by atoms with Gasteiger partial charge in [0, 0.05) is 17.6 Å². The van der Waals surface area contributed by atoms with Crippen LogP contribution in [-0.2, 0) is 0 Å². The molecule has 0 spiro atoms. The van der Waals surface area contributed by atoms with E-state index < -0.39 is 0 Å². The Morgan fingerprint density at radius 1 is 1.00 bits per heavy atom. The van der Waals surface area contributed by atoms with Crippen molar-refractivity contribution in [3.05, 3.63) is 78.4 Å². The first-order valence-corrected chi connectivity index (χ1v) is 8.35. The van der Waals surface area contributed by atoms with Crippen molar-refractivity contribution in [3.63, 3.8) is 0 Å². The van der Waals surface area contributed by atoms with Gasteiger partial charge in [0.25, 0.3) is 0 Å². The first-order valence-electron chi connectivity index (χ1n) is 7.94. The summed E-state index contributed by atoms with van der Waals surface area (Å²) in [5, 5.41) is 8.39. The Balaban J connectivity index is 1.36. The lowest BCUT2D eigenvalue weighted by molar-refractivity contribution is 0.0646. The van der Waals surface area contributed by atoms with Gasteiger partial charge in [0.05, 0.1) is 6.20 Å². The fourth-order valence-corrected chi connectivity index (χ4v) is 2.67. The van der Waals surface area contributed by atoms with Crippen molar-refractivity contribution >= 4 is 35.0 Å². The van der Waals surface area contributed by atoms with Gasteiger partial charge in [-0.1, -0.05) is 18.2 Å². The van der Waals surface area contributed by atoms with Crippen LogP contribution in [0.3, 0.4) is 0 Å². The molecular weight excluding hydrogens is 348 g/mol. The summed E-state index contributed by atoms with van der Waals surface area (Å²) in [5.41, 5.74) is 9.40. The number of rotatable bonds is 4. The van der Waals surface area contributed by atoms with E-state index in [0.717, 1.165) is 22.8 Å². The predicted octanol–water partition coefficient (Wildman–Crippen LogP) is 2.92. The van der Waals surface area contributed by atoms with Gasteiger partial charge in [-0.05, 0) is 48.6 Å². The summed E-state index contributed by atoms with van der Waals surface area (Å²) in [6, 6.07) is 17.3. The summed E-state index contributed by atoms with van der Waals surface area (Å²) in [6.45, 7) is 0. The maximum absolute atomic E-state index is 5.84. The minimum Gasteiger partial charge on any atom is -0.374 e. The van der Waals surface area contributed by atoms with Crippen LogP contribution in [0.15, 0.2) is 83.4 Å². The van der Waals surface area contributed by atoms with Crippen molar-refractivity contribution in [1.82, 2.24) is 15.9 Å². The van der Waals surface area contributed by atoms with Gasteiger partial charge in [0.2, 0.25) is 0 Å². The summed E-state index contributed by atoms with van der Waals surface area (Å²) in [5.74, 6) is 0.679. The van der Waals surface area contributed by atoms with E-state index in [4.69, 9.17) is 17.1 Å². The van der Waals surface area contributed by atoms with E-state index in [1.807, 2.05) is 54.6 Å². The highest BCUT2D eigenvalue weighted by Crippen LogP contribution is 2.22. The molecule has 2 heterocycles. The van der Waals surface area contributed by atoms with E-state index in [2.05, 4.69) is 26.5 Å². The Hall–Kier alpha value is -3.52. The lowest BCUT2D eigenvalue weighted by Gasteiger charge is -2.22. The minimum absolute atomic E-state index is 0.524. The summed E-state index contributed by atoms with van der Waals surface area (Å²) >= 11 is 5.33. The third-order valence-electron chi connectivity index (χ3n) is 3.65. The number of fused-ring (bicyclic) bond motifs is 1. The van der Waals surface area contributed by atoms with E-state index in [1.165, 1.54) is 0 Å². The topological polar surface area (TPSA) is 73.0 Å². The van der Waals surface area contributed by atoms with Gasteiger partial charge in [0.15, 0.2) is 10.9 Å². The molecule has 4 rings (SSSR count). The Morgan fingerprint density at radius 3 is 2.50 bits per heavy atom. The number of hydrogen-bond acceptors (Lipinski definition) is 6. The van der Waals surface area contributed by atoms with Gasteiger partial charge >= 0.3 is 0 Å². The number of hydrogen-bond donors (Lipinski definition) is 4. The number of aliphatic imine (C=N–C) groups is 1. The van der Waals surface area contributed by atoms with E-state index in [1.54, 1.807) is 23.8 Å². The monoisotopic (exact) mass is 364 g/mol. The molecule has 26 heavy (non-hydrogen) atoms. The van der Waals surface area contributed by atoms with Crippen LogP contribution in [0.4, 0.5) is 11.4 Å². The molecule has 130 valence electrons. The fourth-order valence-electron chi connectivity index (χ4n) is 2.44. The second-order valence-electron chi connectivity index (χ2n) is 5.49. The molecule has 0 atom stereocenters. The Bertz CT molecular complexity index is 892. The molecule has 8 heteroatoms. The number of para-hydroxylation sites is 1. The van der Waals surface area contributed by atoms with Crippen molar-refractivity contribution in [3.8, 4) is 5.75 Å². The number of anilines is 2. The number of nitrogens with one attached hydrogen (secondary N) is 4. The molecule has 0 aromatic heterocycles. The summed E-state index contributed by atoms with van der Waals surface area (Å²) < 4.78 is 0. The van der Waals surface area contributed by atoms with E-state index in [0.29, 0.717) is 10.9 Å². The SMILES string of the molecule is S=C(Nc1ccccc1)Nc1ccc(ON2C=NC=C3NNC=C32)cc1. The van der Waals surface area contributed by atoms with Gasteiger partial charge < -0.3 is 20.9 Å². The van der Waals surface area contributed by atoms with Gasteiger partial charge in [0.1, 0.15) is 17.7 Å². The maximum atomic E-state index is 5.84. The van der Waals surface area contributed by atoms with E-state index in [9.17, 15) is 0 Å². The molecular formula is C18H16N6OS. The first-order chi connectivity index (χ1) is 12.8. The van der Waals surface area contributed by atoms with Gasteiger partial charge in [-0.2, -0.15) is 5.06 Å². The summed E-state index contributed by atoms with van der Waals surface area (Å²) in [6.07, 6.45) is 5.13. The van der Waals surface area contributed by atoms with Crippen molar-refractivity contribution in [2.24, 2.45) is 4.99 Å². The molecule has 2 aliphatic rings. The largest absolute Gasteiger partial charge is 0.374 e. The molecule has 7 nitrogen and oxygen atoms in total. The smallest absolute Gasteiger partial charge is 0.175 e. The molecule has 0 fully saturated rings. The highest BCUT2D eigenvalue weighted by molar-refractivity contribution is 7.80. The van der Waals surface area contributed by atoms with Crippen LogP contribution < -0.4 is 26.3 Å². The molecule has 0 aliphatic carbocycles. The third kappa shape index (κ3) is 3.60. The normalized spacial score (nSPS) is 14.4. The quantitative estimate of drug-likeness (QED) is 0.622. The Morgan fingerprint density at radius 2 is 1.73 bits per heavy atom. The Labute approximate surface area is 156 Å². The number of thiocarbonyl (C=S) groups is 1. The maximum Gasteiger partial charge on any atom is 0.175 e. The summed E-state index contributed by atoms with van der Waals surface area (Å²) in [4.78, 5) is 9.97. The second kappa shape index (κ2) is 7.16. The van der Waals surface area contributed by atoms with Crippen LogP contribution in [0.25, 0.3) is 0 Å². The van der Waals surface area contributed by atoms with Gasteiger partial charge in [-0.15, -0.1) is 0 Å². The fraction of sp³-hybridized carbons (Fsp3) is 0. The average Bonchev–Trinajstić information content (AvgIpc) is 3.14. The minimum atomic E-state index is 0.524. The number of hydroxylamine groups is 2. The molecule has 0 saturated heterocycles. The van der Waals surface area contributed by atoms with Crippen LogP contribution in [0.5, 0.6) is 5.75 Å². The molecule has 2 aliphatic heterocycles. The third-order valence-corrected chi connectivity index (χ3v) is 3.86. The molecule has 0 saturated carbocycles. The zero-order valence-electron chi connectivity index (χ0n) is 13.6. The molecule has 4 N–H and O–H groups in total. The van der Waals surface area contributed by atoms with Gasteiger partial charge in [-0.3, -0.25) is 5.43 Å². The highest BCUT2D eigenvalue weighted by atomic mass is 32.1. The standard InChI is InChI=1S/C18H16N6OS/c26-18(21-13-4-2-1-3-5-13)22-14-6-8-15(9-7-14)25-24-12-19-10-16-17(24)11-20-23-16/h1-12,20,23H,(H2,21,22,26). The number of nitrogens with zero attached hydrogens (tertiary/aromatic N) is 2. The summed E-state index contributed by atoms with van der Waals surface area (Å²) in [7, 11) is 0. The van der Waals surface area contributed by atoms with Crippen molar-refractivity contribution in [2.75, 3.05) is 10.6 Å². The van der Waals surface area contributed by atoms with Crippen LogP contribution in [0, 0.1) is 0 Å². The van der Waals surface area contributed by atoms with E-state index in [-0.39, 0.29) is 0 Å². The molecule has 2 aromatic rings. The molecule has 0 bridgehead atoms. The van der Waals surface area contributed by atoms with Crippen LogP contribution >= 0.6 is 12.2 Å². The lowest BCUT2D eigenvalue weighted by Crippen LogP contribution is -2.29. The first kappa shape index (κ1) is 16.0. The lowest BCUT2D eigenvalue weighted by atomic mass is 10.3. The average molecular weight is 364 g/mol. The zero-order chi connectivity index (χ0) is 17.8. The van der Waals surface area contributed by atoms with Crippen molar-refractivity contribution in [1.29, 1.82) is 0 Å². The van der Waals surface area contributed by atoms with Crippen molar-refractivity contribution < 1.29 is 4.84 Å². The number of benzene rings is 2. The van der Waals surface area contributed by atoms with Crippen LogP contribution in [0.1, 0.15) is 0 Å². The second-order valence-corrected chi connectivity index (χ2v) is 5.90. The zero-order valence-corrected chi connectivity index (χ0v) is 14.5. The van der Waals surface area contributed by atoms with Crippen molar-refractivity contribution in [2.45, 2.75) is 0 Å². The molecule has 2 aromatic carbocycles. The van der Waals surface area contributed by atoms with Crippen LogP contribution in [-0.4, -0.2) is 16.5 Å². The van der Waals surface area contributed by atoms with Crippen LogP contribution in [0.2, 0.25) is 0 Å². The molecule has 0 radical (unpaired) electrons. The van der Waals surface area contributed by atoms with E-state index >= 15 is 0 Å². The number of hydrazine groups is 1. The highest BCUT2D eigenvalue weighted by Gasteiger charge is 2.21. The molecule has 0 amide bonds. The molecule has 0 unspecified atom stereocenters.